The summed E-state index contributed by atoms with van der Waals surface area (Å²) in [6, 6.07) is -2.28. The lowest BCUT2D eigenvalue weighted by molar-refractivity contribution is -0.139. The second-order valence-corrected chi connectivity index (χ2v) is 11.0. The Morgan fingerprint density at radius 1 is 1.19 bits per heavy atom. The lowest BCUT2D eigenvalue weighted by atomic mass is 9.67. The first-order valence-electron chi connectivity index (χ1n) is 12.0. The molecule has 0 aromatic carbocycles. The highest BCUT2D eigenvalue weighted by Crippen LogP contribution is 2.65. The first kappa shape index (κ1) is 28.6. The van der Waals surface area contributed by atoms with Gasteiger partial charge in [-0.3, -0.25) is 24.0 Å². The number of aliphatic carboxylic acids is 2. The average molecular weight is 536 g/mol. The van der Waals surface area contributed by atoms with Crippen molar-refractivity contribution in [3.63, 3.8) is 0 Å². The molecule has 0 aliphatic heterocycles. The van der Waals surface area contributed by atoms with Gasteiger partial charge in [-0.05, 0) is 62.8 Å². The second-order valence-electron chi connectivity index (χ2n) is 9.93. The van der Waals surface area contributed by atoms with Crippen LogP contribution in [-0.4, -0.2) is 80.6 Å². The fraction of sp³-hybridized carbons (Fsp3) is 0.560. The van der Waals surface area contributed by atoms with Gasteiger partial charge in [0.05, 0.1) is 0 Å². The molecule has 3 atom stereocenters. The van der Waals surface area contributed by atoms with Crippen LogP contribution in [-0.2, 0) is 24.0 Å². The lowest BCUT2D eigenvalue weighted by Gasteiger charge is -2.39. The van der Waals surface area contributed by atoms with Crippen LogP contribution in [0, 0.1) is 5.41 Å². The highest BCUT2D eigenvalue weighted by Gasteiger charge is 2.65. The molecule has 0 bridgehead atoms. The predicted molar refractivity (Wildman–Crippen MR) is 136 cm³/mol. The monoisotopic (exact) mass is 535 g/mol. The first-order valence-corrected chi connectivity index (χ1v) is 13.1. The van der Waals surface area contributed by atoms with Crippen LogP contribution in [0.5, 0.6) is 0 Å². The minimum absolute atomic E-state index is 0.109. The number of ketones is 1. The van der Waals surface area contributed by atoms with Crippen LogP contribution in [0.15, 0.2) is 33.9 Å². The molecule has 1 saturated carbocycles. The number of allylic oxidation sites excluding steroid dienone is 3. The number of nitrogens with two attached hydrogens (primary N) is 1. The fourth-order valence-corrected chi connectivity index (χ4v) is 6.19. The number of fused-ring (bicyclic) bond motifs is 1. The normalized spacial score (nSPS) is 23.4. The zero-order chi connectivity index (χ0) is 27.7. The van der Waals surface area contributed by atoms with E-state index in [4.69, 9.17) is 15.9 Å². The molecule has 0 heterocycles. The van der Waals surface area contributed by atoms with Gasteiger partial charge < -0.3 is 31.7 Å². The molecule has 202 valence electrons. The summed E-state index contributed by atoms with van der Waals surface area (Å²) in [5, 5.41) is 33.5. The summed E-state index contributed by atoms with van der Waals surface area (Å²) in [7, 11) is 0. The topological polar surface area (TPSA) is 196 Å². The molecule has 37 heavy (non-hydrogen) atoms. The molecule has 0 saturated heterocycles. The van der Waals surface area contributed by atoms with E-state index in [1.807, 2.05) is 13.8 Å². The number of thioether (sulfide) groups is 1. The molecule has 12 heteroatoms. The van der Waals surface area contributed by atoms with Crippen molar-refractivity contribution in [1.29, 1.82) is 0 Å². The van der Waals surface area contributed by atoms with E-state index in [1.54, 1.807) is 13.0 Å². The molecule has 7 N–H and O–H groups in total. The van der Waals surface area contributed by atoms with Crippen molar-refractivity contribution < 1.29 is 39.3 Å². The molecule has 1 spiro atoms. The van der Waals surface area contributed by atoms with Crippen molar-refractivity contribution in [2.45, 2.75) is 64.1 Å². The van der Waals surface area contributed by atoms with Gasteiger partial charge in [0.15, 0.2) is 5.78 Å². The molecule has 0 unspecified atom stereocenters. The molecule has 3 rings (SSSR count). The van der Waals surface area contributed by atoms with Crippen LogP contribution < -0.4 is 16.4 Å². The van der Waals surface area contributed by atoms with Gasteiger partial charge in [-0.2, -0.15) is 11.8 Å². The van der Waals surface area contributed by atoms with Crippen LogP contribution >= 0.6 is 11.8 Å². The summed E-state index contributed by atoms with van der Waals surface area (Å²) in [6.07, 6.45) is 2.92. The van der Waals surface area contributed by atoms with E-state index in [2.05, 4.69) is 10.6 Å². The van der Waals surface area contributed by atoms with Gasteiger partial charge in [0, 0.05) is 28.9 Å². The Bertz CT molecular complexity index is 1130. The van der Waals surface area contributed by atoms with Crippen molar-refractivity contribution >= 4 is 41.3 Å². The average Bonchev–Trinajstić information content (AvgIpc) is 3.58. The molecule has 3 aliphatic carbocycles. The summed E-state index contributed by atoms with van der Waals surface area (Å²) in [5.41, 5.74) is 7.56. The highest BCUT2D eigenvalue weighted by atomic mass is 32.2. The van der Waals surface area contributed by atoms with Crippen molar-refractivity contribution in [2.24, 2.45) is 11.1 Å². The number of hydrogen-bond acceptors (Lipinski definition) is 8. The lowest BCUT2D eigenvalue weighted by Crippen LogP contribution is -2.49. The van der Waals surface area contributed by atoms with Gasteiger partial charge in [-0.1, -0.05) is 5.57 Å². The molecule has 3 aliphatic rings. The quantitative estimate of drug-likeness (QED) is 0.202. The van der Waals surface area contributed by atoms with E-state index in [-0.39, 0.29) is 24.4 Å². The third-order valence-corrected chi connectivity index (χ3v) is 8.53. The first-order chi connectivity index (χ1) is 17.2. The molecule has 11 nitrogen and oxygen atoms in total. The van der Waals surface area contributed by atoms with Gasteiger partial charge in [0.25, 0.3) is 0 Å². The maximum atomic E-state index is 13.1. The Hall–Kier alpha value is -2.96. The third-order valence-electron chi connectivity index (χ3n) is 7.47. The maximum absolute atomic E-state index is 13.1. The van der Waals surface area contributed by atoms with Crippen molar-refractivity contribution in [1.82, 2.24) is 10.6 Å². The number of nitrogens with one attached hydrogen (secondary N) is 2. The summed E-state index contributed by atoms with van der Waals surface area (Å²) in [6.45, 7) is 4.80. The molecular formula is C25H33N3O8S. The van der Waals surface area contributed by atoms with E-state index in [0.717, 1.165) is 35.1 Å². The molecule has 1 fully saturated rings. The van der Waals surface area contributed by atoms with Gasteiger partial charge in [-0.25, -0.2) is 0 Å². The van der Waals surface area contributed by atoms with Gasteiger partial charge in [0.1, 0.15) is 24.2 Å². The number of carboxylic acids is 2. The fourth-order valence-electron chi connectivity index (χ4n) is 5.02. The summed E-state index contributed by atoms with van der Waals surface area (Å²) in [4.78, 5) is 59.8. The molecule has 0 aromatic rings. The van der Waals surface area contributed by atoms with E-state index >= 15 is 0 Å². The molecule has 2 amide bonds. The third kappa shape index (κ3) is 5.65. The Morgan fingerprint density at radius 3 is 2.41 bits per heavy atom. The Labute approximate surface area is 218 Å². The maximum Gasteiger partial charge on any atom is 0.322 e. The van der Waals surface area contributed by atoms with E-state index in [9.17, 15) is 29.1 Å². The number of amides is 2. The van der Waals surface area contributed by atoms with Crippen LogP contribution in [0.2, 0.25) is 0 Å². The van der Waals surface area contributed by atoms with Crippen LogP contribution in [0.1, 0.15) is 46.5 Å². The number of carbonyl (C=O) groups is 5. The highest BCUT2D eigenvalue weighted by molar-refractivity contribution is 7.99. The number of Topliss-reactive ketones (excluding diaryl/α,β-unsaturated/α-hetero) is 1. The van der Waals surface area contributed by atoms with Crippen LogP contribution in [0.3, 0.4) is 0 Å². The number of carbonyl (C=O) groups excluding carboxylic acids is 3. The Morgan fingerprint density at radius 2 is 1.84 bits per heavy atom. The number of aliphatic hydroxyl groups is 1. The Balaban J connectivity index is 1.69. The standard InChI is InChI=1S/C25H33N3O8S/c1-12-8-14-20(13(2)25(6-7-25)24(3,36)21(14)32)15(12)10-37-11-17(22(33)27-9-19(30)31)28-18(29)5-4-16(26)23(34)35/h8,16-17,36H,4-7,9-11,26H2,1-3H3,(H,27,33)(H,28,29)(H,30,31)(H,34,35)/t16-,17+,24+/m1/s1. The van der Waals surface area contributed by atoms with Crippen LogP contribution in [0.25, 0.3) is 0 Å². The second kappa shape index (κ2) is 10.8. The number of carboxylic acid groups (broad SMARTS) is 2. The van der Waals surface area contributed by atoms with Gasteiger partial charge in [0.2, 0.25) is 11.8 Å². The van der Waals surface area contributed by atoms with E-state index in [1.165, 1.54) is 11.8 Å². The molecule has 0 aromatic heterocycles. The minimum Gasteiger partial charge on any atom is -0.480 e. The number of hydrogen-bond donors (Lipinski definition) is 6. The summed E-state index contributed by atoms with van der Waals surface area (Å²) in [5.74, 6) is -3.50. The summed E-state index contributed by atoms with van der Waals surface area (Å²) >= 11 is 1.33. The predicted octanol–water partition coefficient (Wildman–Crippen LogP) is 0.284. The zero-order valence-electron chi connectivity index (χ0n) is 21.1. The zero-order valence-corrected chi connectivity index (χ0v) is 21.9. The van der Waals surface area contributed by atoms with Gasteiger partial charge >= 0.3 is 11.9 Å². The van der Waals surface area contributed by atoms with Crippen molar-refractivity contribution in [2.75, 3.05) is 18.1 Å². The minimum atomic E-state index is -1.45. The van der Waals surface area contributed by atoms with Gasteiger partial charge in [-0.15, -0.1) is 0 Å². The molecular weight excluding hydrogens is 502 g/mol. The Kier molecular flexibility index (Phi) is 8.35. The van der Waals surface area contributed by atoms with Crippen molar-refractivity contribution in [3.8, 4) is 0 Å². The summed E-state index contributed by atoms with van der Waals surface area (Å²) < 4.78 is 0. The number of rotatable bonds is 12. The van der Waals surface area contributed by atoms with E-state index in [0.29, 0.717) is 11.3 Å². The SMILES string of the molecule is CC1=C(CSC[C@H](NC(=O)CC[C@@H](N)C(=O)O)C(=O)NCC(=O)O)C2=C(C)C3(CC3)[C@@](C)(O)C(=O)C2=C1. The largest absolute Gasteiger partial charge is 0.480 e. The molecule has 0 radical (unpaired) electrons. The van der Waals surface area contributed by atoms with Crippen LogP contribution in [0.4, 0.5) is 0 Å². The smallest absolute Gasteiger partial charge is 0.322 e. The van der Waals surface area contributed by atoms with E-state index < -0.39 is 53.4 Å². The van der Waals surface area contributed by atoms with Crippen molar-refractivity contribution in [3.05, 3.63) is 33.9 Å².